The Labute approximate surface area is 96.4 Å². The first-order valence-electron chi connectivity index (χ1n) is 6.02. The van der Waals surface area contributed by atoms with Crippen LogP contribution in [0.15, 0.2) is 24.3 Å². The highest BCUT2D eigenvalue weighted by Crippen LogP contribution is 2.22. The van der Waals surface area contributed by atoms with Crippen molar-refractivity contribution in [1.82, 2.24) is 10.2 Å². The molecule has 3 nitrogen and oxygen atoms in total. The molecule has 3 heteroatoms. The fourth-order valence-corrected chi connectivity index (χ4v) is 2.58. The summed E-state index contributed by atoms with van der Waals surface area (Å²) < 4.78 is 5.48. The number of nitrogens with zero attached hydrogens (tertiary/aromatic N) is 1. The van der Waals surface area contributed by atoms with Crippen LogP contribution in [0.2, 0.25) is 0 Å². The molecule has 0 spiro atoms. The van der Waals surface area contributed by atoms with Crippen LogP contribution in [0.1, 0.15) is 11.1 Å². The molecule has 3 rings (SSSR count). The van der Waals surface area contributed by atoms with Crippen LogP contribution >= 0.6 is 0 Å². The van der Waals surface area contributed by atoms with E-state index in [4.69, 9.17) is 4.74 Å². The number of hydrogen-bond donors (Lipinski definition) is 1. The second kappa shape index (κ2) is 4.53. The Morgan fingerprint density at radius 2 is 2.00 bits per heavy atom. The summed E-state index contributed by atoms with van der Waals surface area (Å²) in [6, 6.07) is 9.23. The molecule has 2 aliphatic rings. The lowest BCUT2D eigenvalue weighted by Crippen LogP contribution is -2.47. The molecule has 0 bridgehead atoms. The zero-order valence-corrected chi connectivity index (χ0v) is 9.48. The first kappa shape index (κ1) is 10.3. The van der Waals surface area contributed by atoms with Gasteiger partial charge in [0.1, 0.15) is 0 Å². The molecule has 1 unspecified atom stereocenters. The minimum absolute atomic E-state index is 0.503. The summed E-state index contributed by atoms with van der Waals surface area (Å²) >= 11 is 0. The standard InChI is InChI=1S/C13H18N2O/c1-2-4-12-8-15(7-11(12)3-1)9-13-10-16-6-5-14-13/h1-4,13-14H,5-10H2. The Morgan fingerprint density at radius 1 is 1.25 bits per heavy atom. The highest BCUT2D eigenvalue weighted by atomic mass is 16.5. The lowest BCUT2D eigenvalue weighted by Gasteiger charge is -2.27. The topological polar surface area (TPSA) is 24.5 Å². The van der Waals surface area contributed by atoms with Crippen LogP contribution in [0.4, 0.5) is 0 Å². The van der Waals surface area contributed by atoms with Crippen LogP contribution in [0.5, 0.6) is 0 Å². The smallest absolute Gasteiger partial charge is 0.0632 e. The van der Waals surface area contributed by atoms with E-state index in [1.54, 1.807) is 0 Å². The summed E-state index contributed by atoms with van der Waals surface area (Å²) in [5.74, 6) is 0. The monoisotopic (exact) mass is 218 g/mol. The third-order valence-electron chi connectivity index (χ3n) is 3.38. The fraction of sp³-hybridized carbons (Fsp3) is 0.538. The van der Waals surface area contributed by atoms with Crippen molar-refractivity contribution in [3.63, 3.8) is 0 Å². The van der Waals surface area contributed by atoms with E-state index in [1.165, 1.54) is 11.1 Å². The van der Waals surface area contributed by atoms with Crippen molar-refractivity contribution in [2.45, 2.75) is 19.1 Å². The Morgan fingerprint density at radius 3 is 2.62 bits per heavy atom. The van der Waals surface area contributed by atoms with E-state index in [1.807, 2.05) is 0 Å². The van der Waals surface area contributed by atoms with Gasteiger partial charge in [0.05, 0.1) is 13.2 Å². The van der Waals surface area contributed by atoms with Crippen LogP contribution in [0, 0.1) is 0 Å². The number of fused-ring (bicyclic) bond motifs is 1. The summed E-state index contributed by atoms with van der Waals surface area (Å²) in [6.07, 6.45) is 0. The maximum Gasteiger partial charge on any atom is 0.0632 e. The predicted octanol–water partition coefficient (Wildman–Crippen LogP) is 0.991. The van der Waals surface area contributed by atoms with Gasteiger partial charge in [0.15, 0.2) is 0 Å². The Hall–Kier alpha value is -0.900. The Kier molecular flexibility index (Phi) is 2.91. The number of rotatable bonds is 2. The molecule has 1 fully saturated rings. The second-order valence-corrected chi connectivity index (χ2v) is 4.66. The van der Waals surface area contributed by atoms with Crippen LogP contribution in [0.3, 0.4) is 0 Å². The van der Waals surface area contributed by atoms with E-state index in [2.05, 4.69) is 34.5 Å². The van der Waals surface area contributed by atoms with Gasteiger partial charge in [0.2, 0.25) is 0 Å². The van der Waals surface area contributed by atoms with Gasteiger partial charge in [-0.1, -0.05) is 24.3 Å². The number of ether oxygens (including phenoxy) is 1. The second-order valence-electron chi connectivity index (χ2n) is 4.66. The maximum absolute atomic E-state index is 5.48. The van der Waals surface area contributed by atoms with Gasteiger partial charge in [-0.2, -0.15) is 0 Å². The van der Waals surface area contributed by atoms with Crippen molar-refractivity contribution >= 4 is 0 Å². The van der Waals surface area contributed by atoms with Gasteiger partial charge in [-0.15, -0.1) is 0 Å². The third-order valence-corrected chi connectivity index (χ3v) is 3.38. The molecule has 0 amide bonds. The molecule has 0 radical (unpaired) electrons. The van der Waals surface area contributed by atoms with Gasteiger partial charge in [0.25, 0.3) is 0 Å². The normalized spacial score (nSPS) is 25.6. The minimum Gasteiger partial charge on any atom is -0.378 e. The summed E-state index contributed by atoms with van der Waals surface area (Å²) in [6.45, 7) is 5.98. The average molecular weight is 218 g/mol. The zero-order chi connectivity index (χ0) is 10.8. The van der Waals surface area contributed by atoms with Crippen LogP contribution in [0.25, 0.3) is 0 Å². The summed E-state index contributed by atoms with van der Waals surface area (Å²) in [4.78, 5) is 2.50. The van der Waals surface area contributed by atoms with Crippen molar-refractivity contribution in [2.24, 2.45) is 0 Å². The fourth-order valence-electron chi connectivity index (χ4n) is 2.58. The lowest BCUT2D eigenvalue weighted by atomic mass is 10.1. The summed E-state index contributed by atoms with van der Waals surface area (Å²) in [5.41, 5.74) is 2.97. The quantitative estimate of drug-likeness (QED) is 0.801. The first-order valence-corrected chi connectivity index (χ1v) is 6.02. The van der Waals surface area contributed by atoms with Crippen molar-refractivity contribution in [2.75, 3.05) is 26.3 Å². The molecule has 0 aromatic heterocycles. The molecule has 0 saturated carbocycles. The molecule has 1 aromatic carbocycles. The Balaban J connectivity index is 1.59. The van der Waals surface area contributed by atoms with Crippen molar-refractivity contribution in [3.05, 3.63) is 35.4 Å². The molecule has 1 aromatic rings. The molecule has 2 aliphatic heterocycles. The number of nitrogens with one attached hydrogen (secondary N) is 1. The number of benzene rings is 1. The molecule has 86 valence electrons. The third kappa shape index (κ3) is 2.12. The van der Waals surface area contributed by atoms with Gasteiger partial charge >= 0.3 is 0 Å². The highest BCUT2D eigenvalue weighted by molar-refractivity contribution is 5.30. The minimum atomic E-state index is 0.503. The van der Waals surface area contributed by atoms with E-state index in [9.17, 15) is 0 Å². The van der Waals surface area contributed by atoms with Gasteiger partial charge in [-0.05, 0) is 11.1 Å². The van der Waals surface area contributed by atoms with Crippen LogP contribution in [-0.2, 0) is 17.8 Å². The molecular weight excluding hydrogens is 200 g/mol. The van der Waals surface area contributed by atoms with Crippen molar-refractivity contribution in [3.8, 4) is 0 Å². The first-order chi connectivity index (χ1) is 7.92. The van der Waals surface area contributed by atoms with E-state index >= 15 is 0 Å². The van der Waals surface area contributed by atoms with Crippen molar-refractivity contribution in [1.29, 1.82) is 0 Å². The SMILES string of the molecule is c1ccc2c(c1)CN(CC1COCCN1)C2. The molecular formula is C13H18N2O. The summed E-state index contributed by atoms with van der Waals surface area (Å²) in [5, 5.41) is 3.51. The molecule has 2 heterocycles. The lowest BCUT2D eigenvalue weighted by molar-refractivity contribution is 0.0614. The van der Waals surface area contributed by atoms with Gasteiger partial charge < -0.3 is 10.1 Å². The zero-order valence-electron chi connectivity index (χ0n) is 9.48. The van der Waals surface area contributed by atoms with E-state index in [0.717, 1.165) is 39.4 Å². The largest absolute Gasteiger partial charge is 0.378 e. The number of hydrogen-bond acceptors (Lipinski definition) is 3. The van der Waals surface area contributed by atoms with E-state index in [0.29, 0.717) is 6.04 Å². The van der Waals surface area contributed by atoms with E-state index < -0.39 is 0 Å². The maximum atomic E-state index is 5.48. The predicted molar refractivity (Wildman–Crippen MR) is 63.2 cm³/mol. The average Bonchev–Trinajstić information content (AvgIpc) is 2.72. The molecule has 1 saturated heterocycles. The molecule has 1 N–H and O–H groups in total. The number of morpholine rings is 1. The van der Waals surface area contributed by atoms with Crippen LogP contribution < -0.4 is 5.32 Å². The van der Waals surface area contributed by atoms with E-state index in [-0.39, 0.29) is 0 Å². The van der Waals surface area contributed by atoms with Gasteiger partial charge in [-0.3, -0.25) is 4.90 Å². The molecule has 0 aliphatic carbocycles. The molecule has 1 atom stereocenters. The summed E-state index contributed by atoms with van der Waals surface area (Å²) in [7, 11) is 0. The molecule has 16 heavy (non-hydrogen) atoms. The van der Waals surface area contributed by atoms with Gasteiger partial charge in [0, 0.05) is 32.2 Å². The highest BCUT2D eigenvalue weighted by Gasteiger charge is 2.22. The van der Waals surface area contributed by atoms with Crippen LogP contribution in [-0.4, -0.2) is 37.2 Å². The van der Waals surface area contributed by atoms with Crippen molar-refractivity contribution < 1.29 is 4.74 Å². The van der Waals surface area contributed by atoms with Gasteiger partial charge in [-0.25, -0.2) is 0 Å². The Bertz CT molecular complexity index is 336.